The van der Waals surface area contributed by atoms with Crippen LogP contribution >= 0.6 is 0 Å². The lowest BCUT2D eigenvalue weighted by Crippen LogP contribution is -2.01. The summed E-state index contributed by atoms with van der Waals surface area (Å²) in [4.78, 5) is 16.3. The van der Waals surface area contributed by atoms with E-state index >= 15 is 0 Å². The lowest BCUT2D eigenvalue weighted by atomic mass is 9.97. The quantitative estimate of drug-likeness (QED) is 0.560. The number of carboxylic acid groups (broad SMARTS) is 1. The Bertz CT molecular complexity index is 1170. The average molecular weight is 369 g/mol. The number of nitrogens with zero attached hydrogens (tertiary/aromatic N) is 3. The molecular weight excluding hydrogens is 350 g/mol. The highest BCUT2D eigenvalue weighted by molar-refractivity contribution is 5.95. The van der Waals surface area contributed by atoms with E-state index in [0.29, 0.717) is 11.5 Å². The standard InChI is InChI=1S/C23H19N3O2/c27-23(28)19-5-2-1-4-18(19)16-9-7-15(8-10-16)14-20-22(17-11-12-17)25-21-6-3-13-24-26(20)21/h1-10,13,17H,11-12,14H2,(H,27,28). The molecule has 0 aliphatic heterocycles. The van der Waals surface area contributed by atoms with Crippen LogP contribution in [0.15, 0.2) is 66.9 Å². The Balaban J connectivity index is 1.49. The van der Waals surface area contributed by atoms with Gasteiger partial charge in [-0.1, -0.05) is 42.5 Å². The molecule has 0 bridgehead atoms. The number of hydrogen-bond acceptors (Lipinski definition) is 3. The molecule has 0 amide bonds. The number of imidazole rings is 1. The van der Waals surface area contributed by atoms with Crippen molar-refractivity contribution in [3.05, 3.63) is 89.4 Å². The monoisotopic (exact) mass is 369 g/mol. The zero-order chi connectivity index (χ0) is 19.1. The molecule has 1 saturated carbocycles. The fourth-order valence-corrected chi connectivity index (χ4v) is 3.72. The van der Waals surface area contributed by atoms with E-state index in [0.717, 1.165) is 34.5 Å². The van der Waals surface area contributed by atoms with Crippen LogP contribution < -0.4 is 0 Å². The van der Waals surface area contributed by atoms with Gasteiger partial charge in [0.25, 0.3) is 0 Å². The smallest absolute Gasteiger partial charge is 0.336 e. The number of benzene rings is 2. The molecule has 5 nitrogen and oxygen atoms in total. The molecule has 138 valence electrons. The average Bonchev–Trinajstić information content (AvgIpc) is 3.51. The van der Waals surface area contributed by atoms with Crippen LogP contribution in [0.1, 0.15) is 46.1 Å². The second-order valence-electron chi connectivity index (χ2n) is 7.24. The van der Waals surface area contributed by atoms with Crippen molar-refractivity contribution >= 4 is 11.6 Å². The molecule has 1 aliphatic carbocycles. The molecule has 0 unspecified atom stereocenters. The van der Waals surface area contributed by atoms with Crippen molar-refractivity contribution in [2.45, 2.75) is 25.2 Å². The first kappa shape index (κ1) is 16.7. The summed E-state index contributed by atoms with van der Waals surface area (Å²) in [5.41, 5.74) is 6.32. The number of rotatable bonds is 5. The topological polar surface area (TPSA) is 67.5 Å². The fraction of sp³-hybridized carbons (Fsp3) is 0.174. The van der Waals surface area contributed by atoms with E-state index in [2.05, 4.69) is 17.2 Å². The van der Waals surface area contributed by atoms with Gasteiger partial charge in [0.1, 0.15) is 0 Å². The number of aromatic nitrogens is 3. The Labute approximate surface area is 162 Å². The molecule has 28 heavy (non-hydrogen) atoms. The minimum absolute atomic E-state index is 0.317. The van der Waals surface area contributed by atoms with Gasteiger partial charge in [-0.05, 0) is 47.7 Å². The van der Waals surface area contributed by atoms with Crippen LogP contribution in [0.5, 0.6) is 0 Å². The molecule has 1 fully saturated rings. The molecule has 0 atom stereocenters. The summed E-state index contributed by atoms with van der Waals surface area (Å²) in [5, 5.41) is 13.9. The Hall–Kier alpha value is -3.47. The highest BCUT2D eigenvalue weighted by Gasteiger charge is 2.30. The van der Waals surface area contributed by atoms with Gasteiger partial charge in [0.2, 0.25) is 0 Å². The maximum absolute atomic E-state index is 11.5. The van der Waals surface area contributed by atoms with Crippen molar-refractivity contribution in [3.63, 3.8) is 0 Å². The minimum atomic E-state index is -0.912. The van der Waals surface area contributed by atoms with Gasteiger partial charge in [-0.3, -0.25) is 0 Å². The summed E-state index contributed by atoms with van der Waals surface area (Å²) >= 11 is 0. The van der Waals surface area contributed by atoms with Crippen LogP contribution in [0, 0.1) is 0 Å². The molecule has 4 aromatic rings. The highest BCUT2D eigenvalue weighted by atomic mass is 16.4. The molecule has 0 saturated heterocycles. The summed E-state index contributed by atoms with van der Waals surface area (Å²) in [6.45, 7) is 0. The Morgan fingerprint density at radius 2 is 1.82 bits per heavy atom. The van der Waals surface area contributed by atoms with Crippen LogP contribution in [0.3, 0.4) is 0 Å². The summed E-state index contributed by atoms with van der Waals surface area (Å²) in [6.07, 6.45) is 4.94. The molecule has 1 aliphatic rings. The lowest BCUT2D eigenvalue weighted by Gasteiger charge is -2.08. The SMILES string of the molecule is O=C(O)c1ccccc1-c1ccc(Cc2c(C3CC3)nc3cccnn23)cc1. The maximum atomic E-state index is 11.5. The zero-order valence-electron chi connectivity index (χ0n) is 15.2. The largest absolute Gasteiger partial charge is 0.478 e. The van der Waals surface area contributed by atoms with E-state index in [4.69, 9.17) is 4.98 Å². The fourth-order valence-electron chi connectivity index (χ4n) is 3.72. The first-order chi connectivity index (χ1) is 13.7. The number of fused-ring (bicyclic) bond motifs is 1. The van der Waals surface area contributed by atoms with Crippen LogP contribution in [0.4, 0.5) is 0 Å². The van der Waals surface area contributed by atoms with E-state index in [-0.39, 0.29) is 0 Å². The van der Waals surface area contributed by atoms with Gasteiger partial charge in [-0.25, -0.2) is 14.3 Å². The van der Waals surface area contributed by atoms with Crippen LogP contribution in [-0.4, -0.2) is 25.7 Å². The van der Waals surface area contributed by atoms with Gasteiger partial charge in [-0.15, -0.1) is 0 Å². The highest BCUT2D eigenvalue weighted by Crippen LogP contribution is 2.41. The predicted molar refractivity (Wildman–Crippen MR) is 107 cm³/mol. The Morgan fingerprint density at radius 1 is 1.04 bits per heavy atom. The number of carbonyl (C=O) groups is 1. The summed E-state index contributed by atoms with van der Waals surface area (Å²) < 4.78 is 1.95. The third kappa shape index (κ3) is 2.95. The van der Waals surface area contributed by atoms with Gasteiger partial charge in [-0.2, -0.15) is 5.10 Å². The molecule has 2 aromatic heterocycles. The molecule has 2 aromatic carbocycles. The molecular formula is C23H19N3O2. The molecule has 5 rings (SSSR count). The van der Waals surface area contributed by atoms with Crippen LogP contribution in [-0.2, 0) is 6.42 Å². The second kappa shape index (κ2) is 6.60. The van der Waals surface area contributed by atoms with Crippen molar-refractivity contribution in [2.75, 3.05) is 0 Å². The number of hydrogen-bond donors (Lipinski definition) is 1. The van der Waals surface area contributed by atoms with Crippen molar-refractivity contribution in [2.24, 2.45) is 0 Å². The van der Waals surface area contributed by atoms with Crippen molar-refractivity contribution in [1.29, 1.82) is 0 Å². The number of aromatic carboxylic acids is 1. The van der Waals surface area contributed by atoms with E-state index in [9.17, 15) is 9.90 Å². The summed E-state index contributed by atoms with van der Waals surface area (Å²) in [7, 11) is 0. The molecule has 5 heteroatoms. The van der Waals surface area contributed by atoms with E-state index in [1.54, 1.807) is 18.3 Å². The van der Waals surface area contributed by atoms with Crippen molar-refractivity contribution < 1.29 is 9.90 Å². The van der Waals surface area contributed by atoms with Gasteiger partial charge >= 0.3 is 5.97 Å². The first-order valence-corrected chi connectivity index (χ1v) is 9.45. The molecule has 0 spiro atoms. The van der Waals surface area contributed by atoms with Crippen LogP contribution in [0.25, 0.3) is 16.8 Å². The van der Waals surface area contributed by atoms with Gasteiger partial charge in [0.15, 0.2) is 5.65 Å². The summed E-state index contributed by atoms with van der Waals surface area (Å²) in [5.74, 6) is -0.357. The maximum Gasteiger partial charge on any atom is 0.336 e. The molecule has 0 radical (unpaired) electrons. The third-order valence-electron chi connectivity index (χ3n) is 5.27. The normalized spacial score (nSPS) is 13.7. The van der Waals surface area contributed by atoms with Crippen molar-refractivity contribution in [3.8, 4) is 11.1 Å². The van der Waals surface area contributed by atoms with Gasteiger partial charge < -0.3 is 5.11 Å². The Kier molecular flexibility index (Phi) is 3.93. The van der Waals surface area contributed by atoms with E-state index < -0.39 is 5.97 Å². The molecule has 1 N–H and O–H groups in total. The third-order valence-corrected chi connectivity index (χ3v) is 5.27. The van der Waals surface area contributed by atoms with E-state index in [1.807, 2.05) is 40.9 Å². The van der Waals surface area contributed by atoms with Gasteiger partial charge in [0, 0.05) is 18.5 Å². The van der Waals surface area contributed by atoms with Crippen molar-refractivity contribution in [1.82, 2.24) is 14.6 Å². The first-order valence-electron chi connectivity index (χ1n) is 9.45. The Morgan fingerprint density at radius 3 is 2.57 bits per heavy atom. The van der Waals surface area contributed by atoms with Gasteiger partial charge in [0.05, 0.1) is 17.0 Å². The minimum Gasteiger partial charge on any atom is -0.478 e. The second-order valence-corrected chi connectivity index (χ2v) is 7.24. The predicted octanol–water partition coefficient (Wildman–Crippen LogP) is 4.56. The van der Waals surface area contributed by atoms with Crippen LogP contribution in [0.2, 0.25) is 0 Å². The molecule has 2 heterocycles. The van der Waals surface area contributed by atoms with E-state index in [1.165, 1.54) is 18.5 Å². The zero-order valence-corrected chi connectivity index (χ0v) is 15.2. The summed E-state index contributed by atoms with van der Waals surface area (Å²) in [6, 6.07) is 19.1. The number of carboxylic acids is 1. The lowest BCUT2D eigenvalue weighted by molar-refractivity contribution is 0.0697.